The van der Waals surface area contributed by atoms with Crippen LogP contribution >= 0.6 is 0 Å². The third kappa shape index (κ3) is 2.37. The van der Waals surface area contributed by atoms with Crippen molar-refractivity contribution in [1.82, 2.24) is 5.32 Å². The number of carbonyl (C=O) groups is 1. The summed E-state index contributed by atoms with van der Waals surface area (Å²) in [4.78, 5) is 11.0. The first kappa shape index (κ1) is 8.31. The second kappa shape index (κ2) is 3.56. The van der Waals surface area contributed by atoms with Crippen molar-refractivity contribution < 1.29 is 4.79 Å². The number of carbonyl (C=O) groups excluding carboxylic acids is 1. The molecule has 0 aromatic rings. The summed E-state index contributed by atoms with van der Waals surface area (Å²) >= 11 is 0. The first-order valence-corrected chi connectivity index (χ1v) is 4.12. The van der Waals surface area contributed by atoms with E-state index in [0.717, 1.165) is 25.8 Å². The molecule has 0 aromatic carbocycles. The Balaban J connectivity index is 2.26. The third-order valence-electron chi connectivity index (χ3n) is 2.08. The molecule has 62 valence electrons. The van der Waals surface area contributed by atoms with Crippen LogP contribution in [0.3, 0.4) is 0 Å². The van der Waals surface area contributed by atoms with Crippen LogP contribution < -0.4 is 5.32 Å². The number of hydrogen-bond acceptors (Lipinski definition) is 1. The molecule has 1 saturated heterocycles. The monoisotopic (exact) mass is 153 g/mol. The molecule has 0 aliphatic carbocycles. The number of allylic oxidation sites excluding steroid dienone is 1. The van der Waals surface area contributed by atoms with Gasteiger partial charge in [0.25, 0.3) is 0 Å². The van der Waals surface area contributed by atoms with Crippen LogP contribution in [0.1, 0.15) is 26.2 Å². The molecule has 1 fully saturated rings. The van der Waals surface area contributed by atoms with Crippen LogP contribution in [0.2, 0.25) is 0 Å². The minimum atomic E-state index is 0.228. The lowest BCUT2D eigenvalue weighted by molar-refractivity contribution is -0.122. The zero-order chi connectivity index (χ0) is 8.27. The van der Waals surface area contributed by atoms with Crippen molar-refractivity contribution in [1.29, 1.82) is 0 Å². The Morgan fingerprint density at radius 3 is 3.00 bits per heavy atom. The lowest BCUT2D eigenvalue weighted by atomic mass is 9.99. The van der Waals surface area contributed by atoms with E-state index in [-0.39, 0.29) is 11.8 Å². The fraction of sp³-hybridized carbons (Fsp3) is 0.667. The highest BCUT2D eigenvalue weighted by Gasteiger charge is 2.22. The van der Waals surface area contributed by atoms with E-state index >= 15 is 0 Å². The molecule has 2 nitrogen and oxygen atoms in total. The predicted molar refractivity (Wildman–Crippen MR) is 45.2 cm³/mol. The molecule has 0 aromatic heterocycles. The van der Waals surface area contributed by atoms with Gasteiger partial charge in [0.2, 0.25) is 5.91 Å². The molecule has 11 heavy (non-hydrogen) atoms. The van der Waals surface area contributed by atoms with Crippen molar-refractivity contribution in [3.05, 3.63) is 12.2 Å². The van der Waals surface area contributed by atoms with Gasteiger partial charge < -0.3 is 5.32 Å². The lowest BCUT2D eigenvalue weighted by Gasteiger charge is -2.04. The fourth-order valence-corrected chi connectivity index (χ4v) is 1.34. The molecule has 1 aliphatic rings. The highest BCUT2D eigenvalue weighted by atomic mass is 16.2. The average Bonchev–Trinajstić information content (AvgIpc) is 2.31. The maximum atomic E-state index is 11.0. The van der Waals surface area contributed by atoms with Gasteiger partial charge >= 0.3 is 0 Å². The molecule has 0 spiro atoms. The number of nitrogens with one attached hydrogen (secondary N) is 1. The number of hydrogen-bond donors (Lipinski definition) is 1. The Kier molecular flexibility index (Phi) is 2.69. The SMILES string of the molecule is C=C(C)CC[C@H]1CCNC1=O. The second-order valence-corrected chi connectivity index (χ2v) is 3.27. The standard InChI is InChI=1S/C9H15NO/c1-7(2)3-4-8-5-6-10-9(8)11/h8H,1,3-6H2,2H3,(H,10,11)/t8-/m0/s1. The quantitative estimate of drug-likeness (QED) is 0.611. The molecule has 0 radical (unpaired) electrons. The minimum absolute atomic E-state index is 0.228. The van der Waals surface area contributed by atoms with Crippen LogP contribution in [-0.4, -0.2) is 12.5 Å². The van der Waals surface area contributed by atoms with E-state index in [4.69, 9.17) is 0 Å². The fourth-order valence-electron chi connectivity index (χ4n) is 1.34. The summed E-state index contributed by atoms with van der Waals surface area (Å²) in [7, 11) is 0. The van der Waals surface area contributed by atoms with Crippen molar-refractivity contribution in [2.75, 3.05) is 6.54 Å². The summed E-state index contributed by atoms with van der Waals surface area (Å²) in [5, 5.41) is 2.82. The smallest absolute Gasteiger partial charge is 0.223 e. The molecule has 1 atom stereocenters. The first-order valence-electron chi connectivity index (χ1n) is 4.12. The minimum Gasteiger partial charge on any atom is -0.356 e. The summed E-state index contributed by atoms with van der Waals surface area (Å²) in [6.07, 6.45) is 2.96. The normalized spacial score (nSPS) is 23.4. The molecule has 1 rings (SSSR count). The van der Waals surface area contributed by atoms with E-state index in [0.29, 0.717) is 0 Å². The molecule has 1 N–H and O–H groups in total. The van der Waals surface area contributed by atoms with Crippen LogP contribution in [0.5, 0.6) is 0 Å². The molecule has 0 saturated carbocycles. The van der Waals surface area contributed by atoms with Gasteiger partial charge in [0, 0.05) is 12.5 Å². The topological polar surface area (TPSA) is 29.1 Å². The summed E-state index contributed by atoms with van der Waals surface area (Å²) in [5.74, 6) is 0.484. The van der Waals surface area contributed by atoms with Gasteiger partial charge in [-0.3, -0.25) is 4.79 Å². The molecule has 0 unspecified atom stereocenters. The molecular formula is C9H15NO. The van der Waals surface area contributed by atoms with Gasteiger partial charge in [0.15, 0.2) is 0 Å². The molecule has 2 heteroatoms. The number of amides is 1. The Morgan fingerprint density at radius 1 is 1.82 bits per heavy atom. The van der Waals surface area contributed by atoms with Gasteiger partial charge in [0.05, 0.1) is 0 Å². The summed E-state index contributed by atoms with van der Waals surface area (Å²) < 4.78 is 0. The Morgan fingerprint density at radius 2 is 2.55 bits per heavy atom. The summed E-state index contributed by atoms with van der Waals surface area (Å²) in [5.41, 5.74) is 1.17. The van der Waals surface area contributed by atoms with Gasteiger partial charge in [0.1, 0.15) is 0 Å². The highest BCUT2D eigenvalue weighted by molar-refractivity contribution is 5.80. The summed E-state index contributed by atoms with van der Waals surface area (Å²) in [6, 6.07) is 0. The largest absolute Gasteiger partial charge is 0.356 e. The number of rotatable bonds is 3. The molecular weight excluding hydrogens is 138 g/mol. The maximum absolute atomic E-state index is 11.0. The van der Waals surface area contributed by atoms with Gasteiger partial charge in [-0.15, -0.1) is 6.58 Å². The average molecular weight is 153 g/mol. The Hall–Kier alpha value is -0.790. The van der Waals surface area contributed by atoms with E-state index in [9.17, 15) is 4.79 Å². The van der Waals surface area contributed by atoms with Crippen molar-refractivity contribution >= 4 is 5.91 Å². The van der Waals surface area contributed by atoms with Crippen molar-refractivity contribution in [3.8, 4) is 0 Å². The van der Waals surface area contributed by atoms with Crippen LogP contribution in [0.25, 0.3) is 0 Å². The first-order chi connectivity index (χ1) is 5.20. The molecule has 1 aliphatic heterocycles. The van der Waals surface area contributed by atoms with Gasteiger partial charge in [-0.1, -0.05) is 5.57 Å². The van der Waals surface area contributed by atoms with E-state index < -0.39 is 0 Å². The van der Waals surface area contributed by atoms with Crippen molar-refractivity contribution in [2.24, 2.45) is 5.92 Å². The van der Waals surface area contributed by atoms with Gasteiger partial charge in [-0.05, 0) is 26.2 Å². The highest BCUT2D eigenvalue weighted by Crippen LogP contribution is 2.17. The molecule has 1 amide bonds. The van der Waals surface area contributed by atoms with E-state index in [2.05, 4.69) is 11.9 Å². The van der Waals surface area contributed by atoms with Crippen molar-refractivity contribution in [3.63, 3.8) is 0 Å². The summed E-state index contributed by atoms with van der Waals surface area (Å²) in [6.45, 7) is 6.68. The van der Waals surface area contributed by atoms with Crippen LogP contribution in [-0.2, 0) is 4.79 Å². The van der Waals surface area contributed by atoms with E-state index in [1.807, 2.05) is 6.92 Å². The van der Waals surface area contributed by atoms with Crippen LogP contribution in [0.15, 0.2) is 12.2 Å². The third-order valence-corrected chi connectivity index (χ3v) is 2.08. The lowest BCUT2D eigenvalue weighted by Crippen LogP contribution is -2.18. The predicted octanol–water partition coefficient (Wildman–Crippen LogP) is 1.48. The zero-order valence-corrected chi connectivity index (χ0v) is 7.02. The van der Waals surface area contributed by atoms with Crippen molar-refractivity contribution in [2.45, 2.75) is 26.2 Å². The van der Waals surface area contributed by atoms with Gasteiger partial charge in [-0.25, -0.2) is 0 Å². The maximum Gasteiger partial charge on any atom is 0.223 e. The zero-order valence-electron chi connectivity index (χ0n) is 7.02. The Labute approximate surface area is 67.7 Å². The second-order valence-electron chi connectivity index (χ2n) is 3.27. The van der Waals surface area contributed by atoms with E-state index in [1.54, 1.807) is 0 Å². The van der Waals surface area contributed by atoms with E-state index in [1.165, 1.54) is 5.57 Å². The van der Waals surface area contributed by atoms with Crippen LogP contribution in [0, 0.1) is 5.92 Å². The van der Waals surface area contributed by atoms with Crippen LogP contribution in [0.4, 0.5) is 0 Å². The molecule has 0 bridgehead atoms. The Bertz CT molecular complexity index is 174. The molecule has 1 heterocycles. The van der Waals surface area contributed by atoms with Gasteiger partial charge in [-0.2, -0.15) is 0 Å².